The molecular weight excluding hydrogens is 497 g/mol. The highest BCUT2D eigenvalue weighted by Gasteiger charge is 2.35. The summed E-state index contributed by atoms with van der Waals surface area (Å²) in [6.45, 7) is 3.76. The van der Waals surface area contributed by atoms with Crippen molar-refractivity contribution in [2.75, 3.05) is 26.2 Å². The average Bonchev–Trinajstić information content (AvgIpc) is 3.24. The van der Waals surface area contributed by atoms with E-state index in [4.69, 9.17) is 10.5 Å². The number of alkyl halides is 3. The van der Waals surface area contributed by atoms with Crippen LogP contribution < -0.4 is 10.5 Å². The molecule has 0 atom stereocenters. The molecule has 0 unspecified atom stereocenters. The van der Waals surface area contributed by atoms with E-state index in [1.54, 1.807) is 17.7 Å². The number of fused-ring (bicyclic) bond motifs is 1. The molecule has 200 valence electrons. The molecule has 0 aliphatic carbocycles. The predicted octanol–water partition coefficient (Wildman–Crippen LogP) is 4.44. The highest BCUT2D eigenvalue weighted by atomic mass is 19.4. The van der Waals surface area contributed by atoms with Gasteiger partial charge in [-0.05, 0) is 69.5 Å². The number of nitrogens with two attached hydrogens (primary N) is 1. The number of nitriles is 1. The first-order valence-electron chi connectivity index (χ1n) is 12.3. The van der Waals surface area contributed by atoms with E-state index in [9.17, 15) is 23.2 Å². The number of halogens is 3. The molecule has 2 N–H and O–H groups in total. The Morgan fingerprint density at radius 2 is 2.03 bits per heavy atom. The van der Waals surface area contributed by atoms with Crippen LogP contribution in [0.15, 0.2) is 42.4 Å². The summed E-state index contributed by atoms with van der Waals surface area (Å²) in [5, 5.41) is 9.45. The van der Waals surface area contributed by atoms with E-state index in [0.29, 0.717) is 35.6 Å². The van der Waals surface area contributed by atoms with Gasteiger partial charge in [-0.3, -0.25) is 9.69 Å². The van der Waals surface area contributed by atoms with Crippen molar-refractivity contribution in [1.29, 1.82) is 5.26 Å². The summed E-state index contributed by atoms with van der Waals surface area (Å²) in [4.78, 5) is 21.7. The lowest BCUT2D eigenvalue weighted by Gasteiger charge is -2.32. The minimum absolute atomic E-state index is 0.0515. The van der Waals surface area contributed by atoms with Crippen molar-refractivity contribution < 1.29 is 22.7 Å². The summed E-state index contributed by atoms with van der Waals surface area (Å²) in [5.74, 6) is 0.0125. The van der Waals surface area contributed by atoms with Crippen LogP contribution >= 0.6 is 0 Å². The fourth-order valence-corrected chi connectivity index (χ4v) is 4.72. The molecule has 0 saturated carbocycles. The molecule has 1 aromatic carbocycles. The molecule has 1 aliphatic heterocycles. The van der Waals surface area contributed by atoms with Crippen LogP contribution in [0.2, 0.25) is 0 Å². The van der Waals surface area contributed by atoms with E-state index in [1.165, 1.54) is 31.5 Å². The summed E-state index contributed by atoms with van der Waals surface area (Å²) in [7, 11) is 1.74. The number of hydrogen-bond donors (Lipinski definition) is 1. The van der Waals surface area contributed by atoms with Gasteiger partial charge in [0.1, 0.15) is 17.3 Å². The number of benzene rings is 1. The molecule has 0 bridgehead atoms. The molecule has 1 saturated heterocycles. The van der Waals surface area contributed by atoms with Gasteiger partial charge in [0.25, 0.3) is 0 Å². The molecule has 38 heavy (non-hydrogen) atoms. The van der Waals surface area contributed by atoms with Crippen molar-refractivity contribution in [1.82, 2.24) is 19.4 Å². The number of nitrogens with zero attached hydrogens (tertiary/aromatic N) is 5. The zero-order valence-corrected chi connectivity index (χ0v) is 21.3. The van der Waals surface area contributed by atoms with Crippen LogP contribution in [-0.2, 0) is 18.0 Å². The van der Waals surface area contributed by atoms with Crippen LogP contribution in [0.4, 0.5) is 13.2 Å². The number of aryl methyl sites for hydroxylation is 1. The number of ether oxygens (including phenoxy) is 1. The molecule has 1 fully saturated rings. The summed E-state index contributed by atoms with van der Waals surface area (Å²) >= 11 is 0. The second-order valence-electron chi connectivity index (χ2n) is 9.59. The van der Waals surface area contributed by atoms with Crippen LogP contribution in [0.5, 0.6) is 5.75 Å². The normalized spacial score (nSPS) is 15.5. The number of pyridine rings is 1. The van der Waals surface area contributed by atoms with Gasteiger partial charge < -0.3 is 15.0 Å². The maximum atomic E-state index is 14.0. The molecule has 0 radical (unpaired) electrons. The Balaban J connectivity index is 1.43. The fourth-order valence-electron chi connectivity index (χ4n) is 4.72. The van der Waals surface area contributed by atoms with Gasteiger partial charge in [0.2, 0.25) is 0 Å². The summed E-state index contributed by atoms with van der Waals surface area (Å²) < 4.78 is 49.2. The van der Waals surface area contributed by atoms with Gasteiger partial charge in [0.05, 0.1) is 29.7 Å². The van der Waals surface area contributed by atoms with Crippen LogP contribution in [0.1, 0.15) is 37.4 Å². The van der Waals surface area contributed by atoms with Crippen molar-refractivity contribution >= 4 is 16.8 Å². The first kappa shape index (κ1) is 27.1. The van der Waals surface area contributed by atoms with Gasteiger partial charge in [-0.15, -0.1) is 0 Å². The van der Waals surface area contributed by atoms with Crippen molar-refractivity contribution in [3.8, 4) is 23.1 Å². The standard InChI is InChI=1S/C27H29F3N6O2/c1-17(37)11-20(32)15-36-8-5-18(6-9-36)7-10-38-25-4-3-19(12-21(25)27(28,29)30)22-13-24-26(23(14-31)34-22)33-16-35(24)2/h3-4,11-13,16,18H,5-10,15,32H2,1-2H3. The number of carbonyl (C=O) groups is 1. The van der Waals surface area contributed by atoms with Gasteiger partial charge >= 0.3 is 6.18 Å². The molecule has 11 heteroatoms. The predicted molar refractivity (Wildman–Crippen MR) is 136 cm³/mol. The number of ketones is 1. The number of rotatable bonds is 8. The summed E-state index contributed by atoms with van der Waals surface area (Å²) in [6.07, 6.45) is 0.726. The minimum Gasteiger partial charge on any atom is -0.493 e. The lowest BCUT2D eigenvalue weighted by molar-refractivity contribution is -0.139. The third-order valence-electron chi connectivity index (χ3n) is 6.68. The molecule has 1 aliphatic rings. The number of aromatic nitrogens is 3. The van der Waals surface area contributed by atoms with Gasteiger partial charge in [-0.25, -0.2) is 9.97 Å². The smallest absolute Gasteiger partial charge is 0.419 e. The molecular formula is C27H29F3N6O2. The highest BCUT2D eigenvalue weighted by Crippen LogP contribution is 2.39. The maximum absolute atomic E-state index is 14.0. The lowest BCUT2D eigenvalue weighted by Crippen LogP contribution is -2.36. The Bertz CT molecular complexity index is 1400. The minimum atomic E-state index is -4.63. The van der Waals surface area contributed by atoms with Crippen LogP contribution in [-0.4, -0.2) is 51.5 Å². The average molecular weight is 527 g/mol. The summed E-state index contributed by atoms with van der Waals surface area (Å²) in [5.41, 5.74) is 7.06. The quantitative estimate of drug-likeness (QED) is 0.432. The van der Waals surface area contributed by atoms with E-state index < -0.39 is 11.7 Å². The molecule has 3 heterocycles. The van der Waals surface area contributed by atoms with Gasteiger partial charge in [0, 0.05) is 30.9 Å². The Labute approximate surface area is 218 Å². The SMILES string of the molecule is CC(=O)C=C(N)CN1CCC(CCOc2ccc(-c3cc4c(ncn4C)c(C#N)n3)cc2C(F)(F)F)CC1. The number of imidazole rings is 1. The van der Waals surface area contributed by atoms with Crippen LogP contribution in [0, 0.1) is 17.2 Å². The Kier molecular flexibility index (Phi) is 8.02. The zero-order chi connectivity index (χ0) is 27.4. The van der Waals surface area contributed by atoms with Crippen LogP contribution in [0.25, 0.3) is 22.3 Å². The number of allylic oxidation sites excluding steroid dienone is 1. The first-order valence-corrected chi connectivity index (χ1v) is 12.3. The van der Waals surface area contributed by atoms with Crippen molar-refractivity contribution in [3.05, 3.63) is 53.6 Å². The maximum Gasteiger partial charge on any atom is 0.419 e. The number of hydrogen-bond acceptors (Lipinski definition) is 7. The Morgan fingerprint density at radius 1 is 1.29 bits per heavy atom. The zero-order valence-electron chi connectivity index (χ0n) is 21.3. The molecule has 0 spiro atoms. The molecule has 0 amide bonds. The van der Waals surface area contributed by atoms with E-state index in [0.717, 1.165) is 32.0 Å². The second kappa shape index (κ2) is 11.2. The van der Waals surface area contributed by atoms with Crippen LogP contribution in [0.3, 0.4) is 0 Å². The molecule has 4 rings (SSSR count). The third-order valence-corrected chi connectivity index (χ3v) is 6.68. The fraction of sp³-hybridized carbons (Fsp3) is 0.407. The van der Waals surface area contributed by atoms with Gasteiger partial charge in [-0.1, -0.05) is 0 Å². The number of piperidine rings is 1. The lowest BCUT2D eigenvalue weighted by atomic mass is 9.94. The van der Waals surface area contributed by atoms with E-state index in [-0.39, 0.29) is 35.1 Å². The highest BCUT2D eigenvalue weighted by molar-refractivity contribution is 5.87. The van der Waals surface area contributed by atoms with Crippen molar-refractivity contribution in [2.24, 2.45) is 18.7 Å². The summed E-state index contributed by atoms with van der Waals surface area (Å²) in [6, 6.07) is 7.43. The number of carbonyl (C=O) groups excluding carboxylic acids is 1. The largest absolute Gasteiger partial charge is 0.493 e. The van der Waals surface area contributed by atoms with Gasteiger partial charge in [-0.2, -0.15) is 18.4 Å². The molecule has 2 aromatic heterocycles. The van der Waals surface area contributed by atoms with Gasteiger partial charge in [0.15, 0.2) is 11.5 Å². The Morgan fingerprint density at radius 3 is 2.68 bits per heavy atom. The second-order valence-corrected chi connectivity index (χ2v) is 9.59. The van der Waals surface area contributed by atoms with E-state index in [1.807, 2.05) is 6.07 Å². The van der Waals surface area contributed by atoms with E-state index in [2.05, 4.69) is 14.9 Å². The molecule has 3 aromatic rings. The number of likely N-dealkylation sites (tertiary alicyclic amines) is 1. The third kappa shape index (κ3) is 6.31. The van der Waals surface area contributed by atoms with E-state index >= 15 is 0 Å². The molecule has 8 nitrogen and oxygen atoms in total. The monoisotopic (exact) mass is 526 g/mol. The van der Waals surface area contributed by atoms with Crippen molar-refractivity contribution in [3.63, 3.8) is 0 Å². The van der Waals surface area contributed by atoms with Crippen molar-refractivity contribution in [2.45, 2.75) is 32.4 Å². The topological polar surface area (TPSA) is 110 Å². The Hall–Kier alpha value is -3.91. The first-order chi connectivity index (χ1) is 18.0.